The summed E-state index contributed by atoms with van der Waals surface area (Å²) in [5.41, 5.74) is 8.24. The standard InChI is InChI=1S/C11H13N3O2/c1-14-6-13-9-4-2-3-7(10(9)14)5-8(12)11(15)16/h2-4,6,8H,5,12H2,1H3,(H,15,16). The summed E-state index contributed by atoms with van der Waals surface area (Å²) in [7, 11) is 1.88. The van der Waals surface area contributed by atoms with Crippen LogP contribution >= 0.6 is 0 Å². The Morgan fingerprint density at radius 3 is 3.06 bits per heavy atom. The second-order valence-corrected chi connectivity index (χ2v) is 3.79. The molecule has 0 fully saturated rings. The van der Waals surface area contributed by atoms with Crippen LogP contribution < -0.4 is 5.73 Å². The summed E-state index contributed by atoms with van der Waals surface area (Å²) in [6.07, 6.45) is 2.02. The van der Waals surface area contributed by atoms with Crippen molar-refractivity contribution >= 4 is 17.0 Å². The van der Waals surface area contributed by atoms with Crippen molar-refractivity contribution in [2.45, 2.75) is 12.5 Å². The molecule has 0 aliphatic carbocycles. The van der Waals surface area contributed by atoms with Gasteiger partial charge in [0.05, 0.1) is 17.4 Å². The molecule has 1 aromatic carbocycles. The molecule has 0 radical (unpaired) electrons. The monoisotopic (exact) mass is 219 g/mol. The third-order valence-corrected chi connectivity index (χ3v) is 2.58. The average molecular weight is 219 g/mol. The number of aliphatic carboxylic acids is 1. The van der Waals surface area contributed by atoms with Gasteiger partial charge in [0.25, 0.3) is 0 Å². The minimum Gasteiger partial charge on any atom is -0.480 e. The van der Waals surface area contributed by atoms with E-state index in [1.807, 2.05) is 29.8 Å². The van der Waals surface area contributed by atoms with Crippen LogP contribution in [-0.2, 0) is 18.3 Å². The predicted molar refractivity (Wildman–Crippen MR) is 60.0 cm³/mol. The lowest BCUT2D eigenvalue weighted by Gasteiger charge is -2.08. The molecule has 1 aromatic heterocycles. The van der Waals surface area contributed by atoms with Crippen LogP contribution in [0.5, 0.6) is 0 Å². The number of aromatic nitrogens is 2. The quantitative estimate of drug-likeness (QED) is 0.788. The normalized spacial score (nSPS) is 12.9. The largest absolute Gasteiger partial charge is 0.480 e. The van der Waals surface area contributed by atoms with Crippen molar-refractivity contribution < 1.29 is 9.90 Å². The number of hydrogen-bond acceptors (Lipinski definition) is 3. The number of carbonyl (C=O) groups is 1. The van der Waals surface area contributed by atoms with E-state index in [0.717, 1.165) is 16.6 Å². The Balaban J connectivity index is 2.44. The van der Waals surface area contributed by atoms with Gasteiger partial charge >= 0.3 is 5.97 Å². The van der Waals surface area contributed by atoms with Gasteiger partial charge in [0.2, 0.25) is 0 Å². The zero-order valence-electron chi connectivity index (χ0n) is 8.92. The first-order valence-corrected chi connectivity index (χ1v) is 4.97. The van der Waals surface area contributed by atoms with Crippen LogP contribution in [0.15, 0.2) is 24.5 Å². The number of rotatable bonds is 3. The second-order valence-electron chi connectivity index (χ2n) is 3.79. The molecule has 1 unspecified atom stereocenters. The van der Waals surface area contributed by atoms with Gasteiger partial charge in [-0.1, -0.05) is 12.1 Å². The van der Waals surface area contributed by atoms with E-state index in [1.165, 1.54) is 0 Å². The molecule has 0 saturated carbocycles. The van der Waals surface area contributed by atoms with E-state index in [9.17, 15) is 4.79 Å². The minimum absolute atomic E-state index is 0.312. The summed E-state index contributed by atoms with van der Waals surface area (Å²) in [6.45, 7) is 0. The number of benzene rings is 1. The molecule has 0 bridgehead atoms. The molecule has 1 heterocycles. The van der Waals surface area contributed by atoms with Gasteiger partial charge in [-0.25, -0.2) is 4.98 Å². The Morgan fingerprint density at radius 2 is 2.38 bits per heavy atom. The van der Waals surface area contributed by atoms with Crippen molar-refractivity contribution in [1.29, 1.82) is 0 Å². The van der Waals surface area contributed by atoms with Gasteiger partial charge in [0.15, 0.2) is 0 Å². The van der Waals surface area contributed by atoms with Crippen molar-refractivity contribution in [1.82, 2.24) is 9.55 Å². The Kier molecular flexibility index (Phi) is 2.62. The summed E-state index contributed by atoms with van der Waals surface area (Å²) in [5.74, 6) is -0.987. The number of carboxylic acids is 1. The van der Waals surface area contributed by atoms with Crippen LogP contribution in [0.3, 0.4) is 0 Å². The van der Waals surface area contributed by atoms with E-state index in [2.05, 4.69) is 4.98 Å². The average Bonchev–Trinajstić information content (AvgIpc) is 2.61. The number of imidazole rings is 1. The van der Waals surface area contributed by atoms with Gasteiger partial charge < -0.3 is 15.4 Å². The van der Waals surface area contributed by atoms with Crippen LogP contribution in [0.25, 0.3) is 11.0 Å². The van der Waals surface area contributed by atoms with Gasteiger partial charge in [-0.3, -0.25) is 4.79 Å². The minimum atomic E-state index is -0.987. The van der Waals surface area contributed by atoms with Crippen LogP contribution in [-0.4, -0.2) is 26.7 Å². The van der Waals surface area contributed by atoms with Crippen molar-refractivity contribution in [2.75, 3.05) is 0 Å². The summed E-state index contributed by atoms with van der Waals surface area (Å²) >= 11 is 0. The SMILES string of the molecule is Cn1cnc2cccc(CC(N)C(=O)O)c21. The van der Waals surface area contributed by atoms with Gasteiger partial charge in [-0.05, 0) is 11.6 Å². The van der Waals surface area contributed by atoms with Crippen molar-refractivity contribution in [3.63, 3.8) is 0 Å². The summed E-state index contributed by atoms with van der Waals surface area (Å²) < 4.78 is 1.87. The van der Waals surface area contributed by atoms with Crippen molar-refractivity contribution in [3.8, 4) is 0 Å². The number of aryl methyl sites for hydroxylation is 1. The molecule has 0 aliphatic heterocycles. The fraction of sp³-hybridized carbons (Fsp3) is 0.273. The smallest absolute Gasteiger partial charge is 0.320 e. The fourth-order valence-electron chi connectivity index (χ4n) is 1.78. The number of carboxylic acid groups (broad SMARTS) is 1. The third-order valence-electron chi connectivity index (χ3n) is 2.58. The molecule has 5 heteroatoms. The highest BCUT2D eigenvalue weighted by Crippen LogP contribution is 2.18. The lowest BCUT2D eigenvalue weighted by molar-refractivity contribution is -0.138. The van der Waals surface area contributed by atoms with Gasteiger partial charge in [-0.15, -0.1) is 0 Å². The Labute approximate surface area is 92.5 Å². The van der Waals surface area contributed by atoms with E-state index in [4.69, 9.17) is 10.8 Å². The molecule has 0 saturated heterocycles. The van der Waals surface area contributed by atoms with Crippen LogP contribution in [0.4, 0.5) is 0 Å². The molecule has 2 rings (SSSR count). The maximum absolute atomic E-state index is 10.7. The molecule has 0 aliphatic rings. The molecular weight excluding hydrogens is 206 g/mol. The molecule has 5 nitrogen and oxygen atoms in total. The van der Waals surface area contributed by atoms with E-state index in [1.54, 1.807) is 6.33 Å². The molecule has 84 valence electrons. The Hall–Kier alpha value is -1.88. The highest BCUT2D eigenvalue weighted by molar-refractivity contribution is 5.80. The first-order valence-electron chi connectivity index (χ1n) is 4.97. The zero-order valence-corrected chi connectivity index (χ0v) is 8.92. The molecule has 0 spiro atoms. The van der Waals surface area contributed by atoms with E-state index in [-0.39, 0.29) is 0 Å². The van der Waals surface area contributed by atoms with E-state index in [0.29, 0.717) is 6.42 Å². The summed E-state index contributed by atoms with van der Waals surface area (Å²) in [4.78, 5) is 14.9. The van der Waals surface area contributed by atoms with Crippen molar-refractivity contribution in [2.24, 2.45) is 12.8 Å². The van der Waals surface area contributed by atoms with Crippen LogP contribution in [0.2, 0.25) is 0 Å². The van der Waals surface area contributed by atoms with Crippen LogP contribution in [0, 0.1) is 0 Å². The van der Waals surface area contributed by atoms with E-state index >= 15 is 0 Å². The number of nitrogens with two attached hydrogens (primary N) is 1. The first kappa shape index (κ1) is 10.6. The van der Waals surface area contributed by atoms with Crippen molar-refractivity contribution in [3.05, 3.63) is 30.1 Å². The maximum atomic E-state index is 10.7. The molecule has 3 N–H and O–H groups in total. The second kappa shape index (κ2) is 3.94. The maximum Gasteiger partial charge on any atom is 0.320 e. The lowest BCUT2D eigenvalue weighted by atomic mass is 10.1. The van der Waals surface area contributed by atoms with Gasteiger partial charge in [0.1, 0.15) is 6.04 Å². The topological polar surface area (TPSA) is 81.1 Å². The van der Waals surface area contributed by atoms with Gasteiger partial charge in [0, 0.05) is 13.5 Å². The third kappa shape index (κ3) is 1.77. The molecule has 2 aromatic rings. The molecule has 1 atom stereocenters. The number of para-hydroxylation sites is 1. The fourth-order valence-corrected chi connectivity index (χ4v) is 1.78. The van der Waals surface area contributed by atoms with Crippen LogP contribution in [0.1, 0.15) is 5.56 Å². The lowest BCUT2D eigenvalue weighted by Crippen LogP contribution is -2.32. The Morgan fingerprint density at radius 1 is 1.62 bits per heavy atom. The summed E-state index contributed by atoms with van der Waals surface area (Å²) in [5, 5.41) is 8.79. The number of hydrogen-bond donors (Lipinski definition) is 2. The molecular formula is C11H13N3O2. The summed E-state index contributed by atoms with van der Waals surface area (Å²) in [6, 6.07) is 4.76. The number of nitrogens with zero attached hydrogens (tertiary/aromatic N) is 2. The van der Waals surface area contributed by atoms with E-state index < -0.39 is 12.0 Å². The Bertz CT molecular complexity index is 533. The highest BCUT2D eigenvalue weighted by atomic mass is 16.4. The highest BCUT2D eigenvalue weighted by Gasteiger charge is 2.15. The molecule has 16 heavy (non-hydrogen) atoms. The number of fused-ring (bicyclic) bond motifs is 1. The predicted octanol–water partition coefficient (Wildman–Crippen LogP) is 0.528. The van der Waals surface area contributed by atoms with Gasteiger partial charge in [-0.2, -0.15) is 0 Å². The molecule has 0 amide bonds. The first-order chi connectivity index (χ1) is 7.59. The zero-order chi connectivity index (χ0) is 11.7.